The molecule has 3 saturated heterocycles. The van der Waals surface area contributed by atoms with Crippen LogP contribution in [0.15, 0.2) is 91.0 Å². The summed E-state index contributed by atoms with van der Waals surface area (Å²) in [5, 5.41) is 3.72. The Morgan fingerprint density at radius 3 is 1.88 bits per heavy atom. The Kier molecular flexibility index (Phi) is 10.9. The van der Waals surface area contributed by atoms with Gasteiger partial charge in [-0.3, -0.25) is 19.6 Å². The fourth-order valence-electron chi connectivity index (χ4n) is 12.7. The van der Waals surface area contributed by atoms with Gasteiger partial charge in [0.1, 0.15) is 0 Å². The summed E-state index contributed by atoms with van der Waals surface area (Å²) in [5.41, 5.74) is 5.09. The summed E-state index contributed by atoms with van der Waals surface area (Å²) in [6.07, 6.45) is 15.3. The van der Waals surface area contributed by atoms with Crippen LogP contribution in [0.4, 0.5) is 0 Å². The van der Waals surface area contributed by atoms with E-state index < -0.39 is 0 Å². The minimum absolute atomic E-state index is 0.547. The van der Waals surface area contributed by atoms with Crippen LogP contribution in [0.5, 0.6) is 0 Å². The first-order valence-electron chi connectivity index (χ1n) is 21.4. The predicted molar refractivity (Wildman–Crippen MR) is 215 cm³/mol. The van der Waals surface area contributed by atoms with Gasteiger partial charge in [0, 0.05) is 83.1 Å². The molecular weight excluding hydrogens is 635 g/mol. The lowest BCUT2D eigenvalue weighted by atomic mass is 9.49. The lowest BCUT2D eigenvalue weighted by Gasteiger charge is -2.59. The van der Waals surface area contributed by atoms with Gasteiger partial charge in [0.25, 0.3) is 0 Å². The first-order valence-corrected chi connectivity index (χ1v) is 21.4. The van der Waals surface area contributed by atoms with E-state index in [1.165, 1.54) is 108 Å². The number of rotatable bonds is 13. The Balaban J connectivity index is 0.921. The van der Waals surface area contributed by atoms with E-state index in [1.54, 1.807) is 19.3 Å². The Labute approximate surface area is 315 Å². The molecule has 4 bridgehead atoms. The number of nitrogens with one attached hydrogen (secondary N) is 1. The molecule has 5 nitrogen and oxygen atoms in total. The van der Waals surface area contributed by atoms with Gasteiger partial charge in [0.15, 0.2) is 0 Å². The van der Waals surface area contributed by atoms with Crippen LogP contribution < -0.4 is 5.32 Å². The van der Waals surface area contributed by atoms with Crippen LogP contribution in [0.2, 0.25) is 0 Å². The van der Waals surface area contributed by atoms with Gasteiger partial charge in [-0.1, -0.05) is 91.0 Å². The van der Waals surface area contributed by atoms with Crippen molar-refractivity contribution in [3.8, 4) is 0 Å². The molecule has 0 amide bonds. The van der Waals surface area contributed by atoms with Crippen molar-refractivity contribution in [3.05, 3.63) is 108 Å². The second-order valence-electron chi connectivity index (χ2n) is 18.4. The normalized spacial score (nSPS) is 33.5. The highest BCUT2D eigenvalue weighted by atomic mass is 15.3. The Hall–Kier alpha value is -2.54. The fourth-order valence-corrected chi connectivity index (χ4v) is 12.7. The van der Waals surface area contributed by atoms with Crippen LogP contribution in [0.25, 0.3) is 0 Å². The number of likely N-dealkylation sites (tertiary alicyclic amines) is 1. The van der Waals surface area contributed by atoms with Crippen molar-refractivity contribution in [3.63, 3.8) is 0 Å². The molecule has 0 aromatic heterocycles. The maximum atomic E-state index is 3.72. The standard InChI is InChI=1S/C47H65N5/c1-4-11-37(12-5-1)26-44-32-48-18-20-50(44)33-43-17-10-19-49(43)34-45(27-38-13-6-2-7-14-38)51-21-22-52(46(35-51)28-39-15-8-3-9-16-39)36-47-29-40-23-41(30-47)25-42(24-40)31-47/h1-9,11-16,40-46,48H,10,17-36H2/t40?,41?,42?,43?,44-,45-,46-,47?/m0/s1. The van der Waals surface area contributed by atoms with Gasteiger partial charge in [0.05, 0.1) is 0 Å². The summed E-state index contributed by atoms with van der Waals surface area (Å²) < 4.78 is 0. The zero-order valence-electron chi connectivity index (χ0n) is 31.8. The molecule has 0 radical (unpaired) electrons. The van der Waals surface area contributed by atoms with E-state index in [1.807, 2.05) is 0 Å². The summed E-state index contributed by atoms with van der Waals surface area (Å²) in [4.78, 5) is 11.8. The van der Waals surface area contributed by atoms with Crippen molar-refractivity contribution >= 4 is 0 Å². The first kappa shape index (κ1) is 35.2. The molecule has 1 N–H and O–H groups in total. The molecule has 3 aromatic carbocycles. The largest absolute Gasteiger partial charge is 0.314 e. The van der Waals surface area contributed by atoms with Crippen LogP contribution in [0.3, 0.4) is 0 Å². The third-order valence-electron chi connectivity index (χ3n) is 14.7. The first-order chi connectivity index (χ1) is 25.6. The lowest BCUT2D eigenvalue weighted by Crippen LogP contribution is -2.62. The molecule has 0 spiro atoms. The molecule has 3 aliphatic heterocycles. The second kappa shape index (κ2) is 16.1. The van der Waals surface area contributed by atoms with Crippen molar-refractivity contribution in [2.45, 2.75) is 94.8 Å². The average Bonchev–Trinajstić information content (AvgIpc) is 3.59. The van der Waals surface area contributed by atoms with Gasteiger partial charge >= 0.3 is 0 Å². The molecular formula is C47H65N5. The summed E-state index contributed by atoms with van der Waals surface area (Å²) >= 11 is 0. The molecule has 278 valence electrons. The highest BCUT2D eigenvalue weighted by Gasteiger charge is 2.52. The third kappa shape index (κ3) is 8.25. The van der Waals surface area contributed by atoms with Crippen LogP contribution in [-0.2, 0) is 19.3 Å². The van der Waals surface area contributed by atoms with E-state index in [9.17, 15) is 0 Å². The summed E-state index contributed by atoms with van der Waals surface area (Å²) in [6, 6.07) is 36.5. The highest BCUT2D eigenvalue weighted by molar-refractivity contribution is 5.19. The van der Waals surface area contributed by atoms with E-state index in [0.717, 1.165) is 43.7 Å². The topological polar surface area (TPSA) is 25.0 Å². The lowest BCUT2D eigenvalue weighted by molar-refractivity contribution is -0.0847. The quantitative estimate of drug-likeness (QED) is 0.207. The summed E-state index contributed by atoms with van der Waals surface area (Å²) in [6.45, 7) is 12.1. The average molecular weight is 700 g/mol. The third-order valence-corrected chi connectivity index (χ3v) is 14.7. The van der Waals surface area contributed by atoms with E-state index >= 15 is 0 Å². The second-order valence-corrected chi connectivity index (χ2v) is 18.4. The Bertz CT molecular complexity index is 1510. The monoisotopic (exact) mass is 700 g/mol. The van der Waals surface area contributed by atoms with Crippen molar-refractivity contribution in [1.29, 1.82) is 0 Å². The van der Waals surface area contributed by atoms with Crippen LogP contribution in [0, 0.1) is 23.2 Å². The number of benzene rings is 3. The van der Waals surface area contributed by atoms with E-state index in [-0.39, 0.29) is 0 Å². The molecule has 4 atom stereocenters. The molecule has 5 heteroatoms. The molecule has 7 fully saturated rings. The number of nitrogens with zero attached hydrogens (tertiary/aromatic N) is 4. The summed E-state index contributed by atoms with van der Waals surface area (Å²) in [7, 11) is 0. The predicted octanol–water partition coefficient (Wildman–Crippen LogP) is 7.02. The minimum atomic E-state index is 0.547. The van der Waals surface area contributed by atoms with E-state index in [4.69, 9.17) is 0 Å². The molecule has 7 aliphatic rings. The molecule has 10 rings (SSSR count). The maximum absolute atomic E-state index is 3.72. The van der Waals surface area contributed by atoms with Crippen LogP contribution in [0.1, 0.15) is 68.1 Å². The molecule has 1 unspecified atom stereocenters. The van der Waals surface area contributed by atoms with E-state index in [0.29, 0.717) is 29.6 Å². The van der Waals surface area contributed by atoms with Crippen molar-refractivity contribution in [2.75, 3.05) is 65.4 Å². The van der Waals surface area contributed by atoms with Gasteiger partial charge in [-0.15, -0.1) is 0 Å². The van der Waals surface area contributed by atoms with Crippen LogP contribution >= 0.6 is 0 Å². The molecule has 3 aromatic rings. The van der Waals surface area contributed by atoms with Crippen LogP contribution in [-0.4, -0.2) is 109 Å². The zero-order valence-corrected chi connectivity index (χ0v) is 31.8. The van der Waals surface area contributed by atoms with Gasteiger partial charge < -0.3 is 5.32 Å². The zero-order chi connectivity index (χ0) is 34.7. The maximum Gasteiger partial charge on any atom is 0.0264 e. The van der Waals surface area contributed by atoms with Gasteiger partial charge in [-0.2, -0.15) is 0 Å². The molecule has 3 heterocycles. The number of piperazine rings is 2. The number of hydrogen-bond donors (Lipinski definition) is 1. The molecule has 4 aliphatic carbocycles. The number of hydrogen-bond acceptors (Lipinski definition) is 5. The Morgan fingerprint density at radius 2 is 1.23 bits per heavy atom. The smallest absolute Gasteiger partial charge is 0.0264 e. The molecule has 4 saturated carbocycles. The SMILES string of the molecule is c1ccc(C[C@H]2CNCCN2CC2CCCN2C[C@H](Cc2ccccc2)N2CCN(CC34CC5CC(CC(C5)C3)C4)[C@@H](Cc3ccccc3)C2)cc1. The van der Waals surface area contributed by atoms with Gasteiger partial charge in [0.2, 0.25) is 0 Å². The Morgan fingerprint density at radius 1 is 0.615 bits per heavy atom. The highest BCUT2D eigenvalue weighted by Crippen LogP contribution is 2.60. The molecule has 52 heavy (non-hydrogen) atoms. The van der Waals surface area contributed by atoms with E-state index in [2.05, 4.69) is 116 Å². The van der Waals surface area contributed by atoms with Crippen molar-refractivity contribution < 1.29 is 0 Å². The van der Waals surface area contributed by atoms with Gasteiger partial charge in [-0.05, 0) is 117 Å². The van der Waals surface area contributed by atoms with Crippen molar-refractivity contribution in [1.82, 2.24) is 24.9 Å². The van der Waals surface area contributed by atoms with Gasteiger partial charge in [-0.25, -0.2) is 0 Å². The van der Waals surface area contributed by atoms with Crippen molar-refractivity contribution in [2.24, 2.45) is 23.2 Å². The fraction of sp³-hybridized carbons (Fsp3) is 0.617. The summed E-state index contributed by atoms with van der Waals surface area (Å²) in [5.74, 6) is 3.08. The minimum Gasteiger partial charge on any atom is -0.314 e.